The highest BCUT2D eigenvalue weighted by atomic mass is 16.5. The standard InChI is InChI=1S/C11H13NO4/c12-11(15)8-4-1-2-5-9(8)16-7-3-6-10(13)14/h1-2,4-5H,3,6-7H2,(H2,12,15)(H,13,14). The fraction of sp³-hybridized carbons (Fsp3) is 0.273. The highest BCUT2D eigenvalue weighted by molar-refractivity contribution is 5.95. The SMILES string of the molecule is NC(=O)c1ccccc1OCCCC(=O)O. The van der Waals surface area contributed by atoms with E-state index in [0.717, 1.165) is 0 Å². The maximum Gasteiger partial charge on any atom is 0.303 e. The molecule has 0 aliphatic carbocycles. The third kappa shape index (κ3) is 3.61. The van der Waals surface area contributed by atoms with Gasteiger partial charge in [0, 0.05) is 6.42 Å². The molecule has 0 spiro atoms. The summed E-state index contributed by atoms with van der Waals surface area (Å²) < 4.78 is 5.28. The van der Waals surface area contributed by atoms with Gasteiger partial charge in [0.15, 0.2) is 0 Å². The van der Waals surface area contributed by atoms with Gasteiger partial charge in [-0.3, -0.25) is 9.59 Å². The molecule has 1 rings (SSSR count). The van der Waals surface area contributed by atoms with Crippen LogP contribution in [0.5, 0.6) is 5.75 Å². The number of benzene rings is 1. The van der Waals surface area contributed by atoms with Crippen LogP contribution < -0.4 is 10.5 Å². The fourth-order valence-electron chi connectivity index (χ4n) is 1.20. The third-order valence-electron chi connectivity index (χ3n) is 1.95. The van der Waals surface area contributed by atoms with Crippen molar-refractivity contribution in [3.8, 4) is 5.75 Å². The van der Waals surface area contributed by atoms with Crippen LogP contribution in [0.3, 0.4) is 0 Å². The zero-order valence-corrected chi connectivity index (χ0v) is 8.68. The summed E-state index contributed by atoms with van der Waals surface area (Å²) in [4.78, 5) is 21.3. The number of carbonyl (C=O) groups excluding carboxylic acids is 1. The molecule has 0 unspecified atom stereocenters. The molecule has 0 fully saturated rings. The van der Waals surface area contributed by atoms with Crippen molar-refractivity contribution in [2.75, 3.05) is 6.61 Å². The van der Waals surface area contributed by atoms with Gasteiger partial charge < -0.3 is 15.6 Å². The van der Waals surface area contributed by atoms with E-state index in [1.165, 1.54) is 0 Å². The van der Waals surface area contributed by atoms with Gasteiger partial charge in [0.05, 0.1) is 12.2 Å². The minimum atomic E-state index is -0.869. The van der Waals surface area contributed by atoms with Crippen molar-refractivity contribution in [2.24, 2.45) is 5.73 Å². The van der Waals surface area contributed by atoms with Crippen molar-refractivity contribution >= 4 is 11.9 Å². The van der Waals surface area contributed by atoms with E-state index in [1.807, 2.05) is 0 Å². The van der Waals surface area contributed by atoms with Gasteiger partial charge in [0.2, 0.25) is 0 Å². The van der Waals surface area contributed by atoms with Crippen LogP contribution in [0.1, 0.15) is 23.2 Å². The largest absolute Gasteiger partial charge is 0.493 e. The average Bonchev–Trinajstić information content (AvgIpc) is 2.24. The molecule has 0 atom stereocenters. The van der Waals surface area contributed by atoms with Crippen molar-refractivity contribution in [3.05, 3.63) is 29.8 Å². The van der Waals surface area contributed by atoms with Crippen LogP contribution in [-0.2, 0) is 4.79 Å². The molecule has 1 aromatic rings. The molecule has 0 radical (unpaired) electrons. The number of nitrogens with two attached hydrogens (primary N) is 1. The predicted octanol–water partition coefficient (Wildman–Crippen LogP) is 1.03. The van der Waals surface area contributed by atoms with Gasteiger partial charge in [-0.2, -0.15) is 0 Å². The monoisotopic (exact) mass is 223 g/mol. The first kappa shape index (κ1) is 12.0. The Kier molecular flexibility index (Phi) is 4.32. The normalized spacial score (nSPS) is 9.75. The molecular formula is C11H13NO4. The summed E-state index contributed by atoms with van der Waals surface area (Å²) in [5, 5.41) is 8.42. The quantitative estimate of drug-likeness (QED) is 0.705. The summed E-state index contributed by atoms with van der Waals surface area (Å²) in [7, 11) is 0. The summed E-state index contributed by atoms with van der Waals surface area (Å²) in [5.41, 5.74) is 5.46. The number of aliphatic carboxylic acids is 1. The Morgan fingerprint density at radius 2 is 2.00 bits per heavy atom. The fourth-order valence-corrected chi connectivity index (χ4v) is 1.20. The minimum Gasteiger partial charge on any atom is -0.493 e. The maximum absolute atomic E-state index is 11.0. The minimum absolute atomic E-state index is 0.0404. The lowest BCUT2D eigenvalue weighted by molar-refractivity contribution is -0.137. The summed E-state index contributed by atoms with van der Waals surface area (Å²) in [5.74, 6) is -1.04. The molecule has 0 bridgehead atoms. The van der Waals surface area contributed by atoms with E-state index in [4.69, 9.17) is 15.6 Å². The van der Waals surface area contributed by atoms with E-state index in [0.29, 0.717) is 17.7 Å². The summed E-state index contributed by atoms with van der Waals surface area (Å²) >= 11 is 0. The Morgan fingerprint density at radius 1 is 1.31 bits per heavy atom. The second kappa shape index (κ2) is 5.75. The first-order valence-corrected chi connectivity index (χ1v) is 4.84. The lowest BCUT2D eigenvalue weighted by Gasteiger charge is -2.08. The van der Waals surface area contributed by atoms with Crippen molar-refractivity contribution in [1.29, 1.82) is 0 Å². The van der Waals surface area contributed by atoms with Gasteiger partial charge in [-0.05, 0) is 18.6 Å². The lowest BCUT2D eigenvalue weighted by Crippen LogP contribution is -2.13. The highest BCUT2D eigenvalue weighted by Gasteiger charge is 2.07. The van der Waals surface area contributed by atoms with E-state index < -0.39 is 11.9 Å². The second-order valence-electron chi connectivity index (χ2n) is 3.21. The molecule has 16 heavy (non-hydrogen) atoms. The Labute approximate surface area is 92.8 Å². The molecule has 3 N–H and O–H groups in total. The molecule has 1 aromatic carbocycles. The van der Waals surface area contributed by atoms with Gasteiger partial charge >= 0.3 is 5.97 Å². The van der Waals surface area contributed by atoms with E-state index in [-0.39, 0.29) is 13.0 Å². The van der Waals surface area contributed by atoms with E-state index >= 15 is 0 Å². The Bertz CT molecular complexity index is 389. The molecule has 5 nitrogen and oxygen atoms in total. The number of primary amides is 1. The molecule has 0 aliphatic heterocycles. The zero-order valence-electron chi connectivity index (χ0n) is 8.68. The highest BCUT2D eigenvalue weighted by Crippen LogP contribution is 2.17. The van der Waals surface area contributed by atoms with Crippen LogP contribution in [0.25, 0.3) is 0 Å². The average molecular weight is 223 g/mol. The van der Waals surface area contributed by atoms with Crippen LogP contribution in [0, 0.1) is 0 Å². The first-order valence-electron chi connectivity index (χ1n) is 4.84. The zero-order chi connectivity index (χ0) is 12.0. The van der Waals surface area contributed by atoms with E-state index in [2.05, 4.69) is 0 Å². The van der Waals surface area contributed by atoms with Crippen LogP contribution in [0.15, 0.2) is 24.3 Å². The maximum atomic E-state index is 11.0. The van der Waals surface area contributed by atoms with Crippen LogP contribution in [-0.4, -0.2) is 23.6 Å². The molecule has 1 amide bonds. The molecule has 0 heterocycles. The number of amides is 1. The number of para-hydroxylation sites is 1. The molecule has 0 saturated carbocycles. The van der Waals surface area contributed by atoms with Gasteiger partial charge in [-0.1, -0.05) is 12.1 Å². The van der Waals surface area contributed by atoms with Crippen LogP contribution in [0.4, 0.5) is 0 Å². The molecule has 0 aliphatic rings. The summed E-state index contributed by atoms with van der Waals surface area (Å²) in [6.07, 6.45) is 0.432. The Morgan fingerprint density at radius 3 is 2.62 bits per heavy atom. The third-order valence-corrected chi connectivity index (χ3v) is 1.95. The Balaban J connectivity index is 2.53. The van der Waals surface area contributed by atoms with Crippen LogP contribution in [0.2, 0.25) is 0 Å². The van der Waals surface area contributed by atoms with E-state index in [9.17, 15) is 9.59 Å². The van der Waals surface area contributed by atoms with Crippen molar-refractivity contribution in [2.45, 2.75) is 12.8 Å². The lowest BCUT2D eigenvalue weighted by atomic mass is 10.2. The van der Waals surface area contributed by atoms with Crippen LogP contribution >= 0.6 is 0 Å². The molecule has 0 aromatic heterocycles. The Hall–Kier alpha value is -2.04. The predicted molar refractivity (Wildman–Crippen MR) is 57.3 cm³/mol. The van der Waals surface area contributed by atoms with Gasteiger partial charge in [0.1, 0.15) is 5.75 Å². The van der Waals surface area contributed by atoms with Crippen molar-refractivity contribution < 1.29 is 19.4 Å². The number of ether oxygens (including phenoxy) is 1. The molecule has 0 saturated heterocycles. The molecule has 86 valence electrons. The van der Waals surface area contributed by atoms with Gasteiger partial charge in [0.25, 0.3) is 5.91 Å². The summed E-state index contributed by atoms with van der Waals surface area (Å²) in [6, 6.07) is 6.60. The summed E-state index contributed by atoms with van der Waals surface area (Å²) in [6.45, 7) is 0.247. The number of carboxylic acid groups (broad SMARTS) is 1. The van der Waals surface area contributed by atoms with Crippen molar-refractivity contribution in [1.82, 2.24) is 0 Å². The number of hydrogen-bond donors (Lipinski definition) is 2. The van der Waals surface area contributed by atoms with E-state index in [1.54, 1.807) is 24.3 Å². The smallest absolute Gasteiger partial charge is 0.303 e. The number of carbonyl (C=O) groups is 2. The second-order valence-corrected chi connectivity index (χ2v) is 3.21. The topological polar surface area (TPSA) is 89.6 Å². The molecular weight excluding hydrogens is 210 g/mol. The number of rotatable bonds is 6. The number of hydrogen-bond acceptors (Lipinski definition) is 3. The van der Waals surface area contributed by atoms with Crippen molar-refractivity contribution in [3.63, 3.8) is 0 Å². The first-order chi connectivity index (χ1) is 7.61. The molecule has 5 heteroatoms. The van der Waals surface area contributed by atoms with Gasteiger partial charge in [-0.15, -0.1) is 0 Å². The van der Waals surface area contributed by atoms with Gasteiger partial charge in [-0.25, -0.2) is 0 Å². The number of carboxylic acids is 1.